The van der Waals surface area contributed by atoms with E-state index in [2.05, 4.69) is 25.8 Å². The Bertz CT molecular complexity index is 1480. The maximum atomic E-state index is 12.6. The highest BCUT2D eigenvalue weighted by Gasteiger charge is 2.26. The van der Waals surface area contributed by atoms with E-state index in [1.54, 1.807) is 7.05 Å². The number of hydrogen-bond acceptors (Lipinski definition) is 8. The standard InChI is InChI=1S/C24H26N8O2/c1-4-11-32-20-21(28-23(32)31-12-7-8-16(25)13-31)30(3)24(33)29-22(20)34-14-19-26-15(2)17-9-5-6-10-18(17)27-19/h1,5-6,9-10,16H,7-8,11-14,25H2,2-3H3/t16-/m1/s1. The number of para-hydroxylation sites is 1. The molecule has 1 atom stereocenters. The van der Waals surface area contributed by atoms with Crippen LogP contribution in [0.15, 0.2) is 29.1 Å². The first-order valence-corrected chi connectivity index (χ1v) is 11.2. The fraction of sp³-hybridized carbons (Fsp3) is 0.375. The fourth-order valence-electron chi connectivity index (χ4n) is 4.45. The first-order chi connectivity index (χ1) is 16.5. The van der Waals surface area contributed by atoms with Gasteiger partial charge in [-0.05, 0) is 25.8 Å². The second-order valence-electron chi connectivity index (χ2n) is 8.51. The number of ether oxygens (including phenoxy) is 1. The Morgan fingerprint density at radius 3 is 2.85 bits per heavy atom. The monoisotopic (exact) mass is 458 g/mol. The molecule has 1 saturated heterocycles. The normalized spacial score (nSPS) is 16.2. The van der Waals surface area contributed by atoms with Crippen molar-refractivity contribution in [3.8, 4) is 18.2 Å². The lowest BCUT2D eigenvalue weighted by Gasteiger charge is -2.31. The van der Waals surface area contributed by atoms with Crippen molar-refractivity contribution < 1.29 is 4.74 Å². The van der Waals surface area contributed by atoms with Crippen LogP contribution in [0, 0.1) is 19.3 Å². The largest absolute Gasteiger partial charge is 0.468 e. The lowest BCUT2D eigenvalue weighted by molar-refractivity contribution is 0.285. The van der Waals surface area contributed by atoms with E-state index >= 15 is 0 Å². The number of benzene rings is 1. The Balaban J connectivity index is 1.57. The van der Waals surface area contributed by atoms with Gasteiger partial charge in [0.05, 0.1) is 12.1 Å². The predicted octanol–water partition coefficient (Wildman–Crippen LogP) is 1.52. The molecule has 4 aromatic rings. The van der Waals surface area contributed by atoms with Crippen LogP contribution in [0.2, 0.25) is 0 Å². The maximum Gasteiger partial charge on any atom is 0.352 e. The van der Waals surface area contributed by atoms with Crippen LogP contribution < -0.4 is 21.1 Å². The topological polar surface area (TPSA) is 117 Å². The van der Waals surface area contributed by atoms with Crippen LogP contribution in [0.1, 0.15) is 24.4 Å². The Hall–Kier alpha value is -3.97. The molecule has 1 aliphatic heterocycles. The highest BCUT2D eigenvalue weighted by Crippen LogP contribution is 2.29. The molecular weight excluding hydrogens is 432 g/mol. The molecule has 0 bridgehead atoms. The number of nitrogens with two attached hydrogens (primary N) is 1. The van der Waals surface area contributed by atoms with Gasteiger partial charge < -0.3 is 15.4 Å². The van der Waals surface area contributed by atoms with Crippen LogP contribution in [0.5, 0.6) is 5.88 Å². The van der Waals surface area contributed by atoms with Crippen molar-refractivity contribution in [2.24, 2.45) is 12.8 Å². The summed E-state index contributed by atoms with van der Waals surface area (Å²) in [7, 11) is 1.64. The molecule has 2 N–H and O–H groups in total. The lowest BCUT2D eigenvalue weighted by atomic mass is 10.1. The molecule has 0 aliphatic carbocycles. The molecule has 1 aliphatic rings. The van der Waals surface area contributed by atoms with Crippen LogP contribution >= 0.6 is 0 Å². The molecule has 0 radical (unpaired) electrons. The average Bonchev–Trinajstić information content (AvgIpc) is 3.21. The smallest absolute Gasteiger partial charge is 0.352 e. The van der Waals surface area contributed by atoms with Gasteiger partial charge in [0, 0.05) is 37.3 Å². The third-order valence-corrected chi connectivity index (χ3v) is 6.10. The number of anilines is 1. The maximum absolute atomic E-state index is 12.6. The number of imidazole rings is 1. The van der Waals surface area contributed by atoms with Gasteiger partial charge in [-0.25, -0.2) is 14.8 Å². The van der Waals surface area contributed by atoms with Crippen molar-refractivity contribution in [1.29, 1.82) is 0 Å². The molecule has 1 fully saturated rings. The van der Waals surface area contributed by atoms with Gasteiger partial charge in [-0.1, -0.05) is 24.1 Å². The van der Waals surface area contributed by atoms with E-state index in [1.807, 2.05) is 35.8 Å². The molecular formula is C24H26N8O2. The van der Waals surface area contributed by atoms with Crippen molar-refractivity contribution in [3.63, 3.8) is 0 Å². The highest BCUT2D eigenvalue weighted by atomic mass is 16.5. The second-order valence-corrected chi connectivity index (χ2v) is 8.51. The lowest BCUT2D eigenvalue weighted by Crippen LogP contribution is -2.44. The minimum absolute atomic E-state index is 0.0477. The Morgan fingerprint density at radius 2 is 2.06 bits per heavy atom. The molecule has 0 amide bonds. The summed E-state index contributed by atoms with van der Waals surface area (Å²) < 4.78 is 9.30. The predicted molar refractivity (Wildman–Crippen MR) is 130 cm³/mol. The zero-order valence-corrected chi connectivity index (χ0v) is 19.2. The molecule has 10 heteroatoms. The molecule has 1 aromatic carbocycles. The highest BCUT2D eigenvalue weighted by molar-refractivity contribution is 5.81. The number of fused-ring (bicyclic) bond motifs is 2. The van der Waals surface area contributed by atoms with E-state index in [0.717, 1.165) is 36.0 Å². The van der Waals surface area contributed by atoms with Gasteiger partial charge >= 0.3 is 5.69 Å². The van der Waals surface area contributed by atoms with Gasteiger partial charge in [0.1, 0.15) is 6.61 Å². The number of hydrogen-bond donors (Lipinski definition) is 1. The quantitative estimate of drug-likeness (QED) is 0.448. The zero-order valence-electron chi connectivity index (χ0n) is 19.2. The number of aromatic nitrogens is 6. The minimum atomic E-state index is -0.467. The van der Waals surface area contributed by atoms with Crippen molar-refractivity contribution in [2.45, 2.75) is 39.0 Å². The van der Waals surface area contributed by atoms with Gasteiger partial charge in [-0.15, -0.1) is 6.42 Å². The molecule has 0 unspecified atom stereocenters. The van der Waals surface area contributed by atoms with E-state index in [9.17, 15) is 4.79 Å². The van der Waals surface area contributed by atoms with Crippen molar-refractivity contribution >= 4 is 28.0 Å². The number of rotatable bonds is 5. The SMILES string of the molecule is C#CCn1c(N2CCC[C@@H](N)C2)nc2c1c(OCc1nc(C)c3ccccc3n1)nc(=O)n2C. The summed E-state index contributed by atoms with van der Waals surface area (Å²) in [6.07, 6.45) is 7.62. The van der Waals surface area contributed by atoms with Crippen LogP contribution in [0.25, 0.3) is 22.1 Å². The summed E-state index contributed by atoms with van der Waals surface area (Å²) in [6.45, 7) is 3.70. The minimum Gasteiger partial charge on any atom is -0.468 e. The van der Waals surface area contributed by atoms with Gasteiger partial charge in [0.25, 0.3) is 0 Å². The molecule has 0 spiro atoms. The first kappa shape index (κ1) is 21.9. The van der Waals surface area contributed by atoms with Crippen molar-refractivity contribution in [1.82, 2.24) is 29.1 Å². The van der Waals surface area contributed by atoms with E-state index < -0.39 is 5.69 Å². The van der Waals surface area contributed by atoms with E-state index in [4.69, 9.17) is 21.9 Å². The van der Waals surface area contributed by atoms with Crippen molar-refractivity contribution in [2.75, 3.05) is 18.0 Å². The van der Waals surface area contributed by atoms with Gasteiger partial charge in [-0.3, -0.25) is 9.13 Å². The van der Waals surface area contributed by atoms with E-state index in [1.165, 1.54) is 4.57 Å². The third-order valence-electron chi connectivity index (χ3n) is 6.10. The van der Waals surface area contributed by atoms with E-state index in [0.29, 0.717) is 29.5 Å². The molecule has 10 nitrogen and oxygen atoms in total. The molecule has 34 heavy (non-hydrogen) atoms. The number of terminal acetylenes is 1. The molecule has 5 rings (SSSR count). The molecule has 4 heterocycles. The zero-order chi connectivity index (χ0) is 23.8. The van der Waals surface area contributed by atoms with Gasteiger partial charge in [0.2, 0.25) is 11.8 Å². The van der Waals surface area contributed by atoms with Crippen LogP contribution in [0.3, 0.4) is 0 Å². The van der Waals surface area contributed by atoms with Gasteiger partial charge in [-0.2, -0.15) is 9.97 Å². The Labute approximate surface area is 196 Å². The number of nitrogens with zero attached hydrogens (tertiary/aromatic N) is 7. The second kappa shape index (κ2) is 8.76. The van der Waals surface area contributed by atoms with Crippen LogP contribution in [-0.2, 0) is 20.2 Å². The van der Waals surface area contributed by atoms with Crippen LogP contribution in [0.4, 0.5) is 5.95 Å². The Morgan fingerprint density at radius 1 is 1.24 bits per heavy atom. The summed E-state index contributed by atoms with van der Waals surface area (Å²) in [4.78, 5) is 32.8. The summed E-state index contributed by atoms with van der Waals surface area (Å²) >= 11 is 0. The third kappa shape index (κ3) is 3.84. The molecule has 3 aromatic heterocycles. The van der Waals surface area contributed by atoms with Crippen molar-refractivity contribution in [3.05, 3.63) is 46.3 Å². The number of piperidine rings is 1. The molecule has 174 valence electrons. The molecule has 0 saturated carbocycles. The summed E-state index contributed by atoms with van der Waals surface area (Å²) in [5.74, 6) is 4.00. The van der Waals surface area contributed by atoms with E-state index in [-0.39, 0.29) is 25.1 Å². The van der Waals surface area contributed by atoms with Crippen LogP contribution in [-0.4, -0.2) is 48.2 Å². The number of aryl methyl sites for hydroxylation is 2. The van der Waals surface area contributed by atoms with Gasteiger partial charge in [0.15, 0.2) is 17.0 Å². The fourth-order valence-corrected chi connectivity index (χ4v) is 4.45. The summed E-state index contributed by atoms with van der Waals surface area (Å²) in [5.41, 5.74) is 8.44. The first-order valence-electron chi connectivity index (χ1n) is 11.2. The average molecular weight is 459 g/mol. The Kier molecular flexibility index (Phi) is 5.63. The summed E-state index contributed by atoms with van der Waals surface area (Å²) in [6, 6.07) is 7.85. The summed E-state index contributed by atoms with van der Waals surface area (Å²) in [5, 5.41) is 0.983.